The van der Waals surface area contributed by atoms with Crippen molar-refractivity contribution >= 4 is 0 Å². The Morgan fingerprint density at radius 3 is 2.50 bits per heavy atom. The summed E-state index contributed by atoms with van der Waals surface area (Å²) in [5.41, 5.74) is 6.02. The molecule has 0 aliphatic carbocycles. The minimum Gasteiger partial charge on any atom is -0.403 e. The van der Waals surface area contributed by atoms with E-state index in [4.69, 9.17) is 10.8 Å². The van der Waals surface area contributed by atoms with Crippen molar-refractivity contribution in [2.24, 2.45) is 11.7 Å². The van der Waals surface area contributed by atoms with Gasteiger partial charge < -0.3 is 15.7 Å². The van der Waals surface area contributed by atoms with E-state index < -0.39 is 0 Å². The number of aliphatic hydroxyl groups excluding tert-OH is 1. The Hall–Kier alpha value is -0.960. The number of nitrogens with two attached hydrogens (primary N) is 1. The SMILES string of the molecule is C=CN(CC(C)C)/C(=C\N)CO. The Kier molecular flexibility index (Phi) is 5.21. The minimum atomic E-state index is -0.0464. The minimum absolute atomic E-state index is 0.0464. The highest BCUT2D eigenvalue weighted by Gasteiger charge is 2.05. The molecule has 0 aliphatic heterocycles. The molecule has 0 unspecified atom stereocenters. The van der Waals surface area contributed by atoms with Gasteiger partial charge in [-0.1, -0.05) is 20.4 Å². The highest BCUT2D eigenvalue weighted by Crippen LogP contribution is 2.06. The molecular weight excluding hydrogens is 152 g/mol. The number of aliphatic hydroxyl groups is 1. The van der Waals surface area contributed by atoms with E-state index in [1.54, 1.807) is 6.20 Å². The lowest BCUT2D eigenvalue weighted by Gasteiger charge is -2.23. The zero-order valence-corrected chi connectivity index (χ0v) is 7.83. The van der Waals surface area contributed by atoms with E-state index in [9.17, 15) is 0 Å². The van der Waals surface area contributed by atoms with Crippen molar-refractivity contribution in [3.8, 4) is 0 Å². The molecule has 3 nitrogen and oxygen atoms in total. The summed E-state index contributed by atoms with van der Waals surface area (Å²) in [6.07, 6.45) is 3.08. The summed E-state index contributed by atoms with van der Waals surface area (Å²) in [7, 11) is 0. The van der Waals surface area contributed by atoms with Crippen LogP contribution in [0.2, 0.25) is 0 Å². The first-order valence-electron chi connectivity index (χ1n) is 4.06. The fourth-order valence-corrected chi connectivity index (χ4v) is 0.942. The molecule has 0 radical (unpaired) electrons. The second-order valence-electron chi connectivity index (χ2n) is 3.04. The van der Waals surface area contributed by atoms with Gasteiger partial charge in [0.2, 0.25) is 0 Å². The molecule has 70 valence electrons. The molecule has 3 heteroatoms. The second-order valence-corrected chi connectivity index (χ2v) is 3.04. The summed E-state index contributed by atoms with van der Waals surface area (Å²) >= 11 is 0. The summed E-state index contributed by atoms with van der Waals surface area (Å²) in [4.78, 5) is 1.85. The first kappa shape index (κ1) is 11.0. The lowest BCUT2D eigenvalue weighted by Crippen LogP contribution is -2.24. The fourth-order valence-electron chi connectivity index (χ4n) is 0.942. The topological polar surface area (TPSA) is 49.5 Å². The highest BCUT2D eigenvalue weighted by atomic mass is 16.3. The van der Waals surface area contributed by atoms with Crippen molar-refractivity contribution in [3.05, 3.63) is 24.7 Å². The number of hydrogen-bond donors (Lipinski definition) is 2. The quantitative estimate of drug-likeness (QED) is 0.644. The van der Waals surface area contributed by atoms with Crippen LogP contribution in [0.4, 0.5) is 0 Å². The third-order valence-electron chi connectivity index (χ3n) is 1.51. The summed E-state index contributed by atoms with van der Waals surface area (Å²) < 4.78 is 0. The van der Waals surface area contributed by atoms with Crippen LogP contribution in [0.1, 0.15) is 13.8 Å². The van der Waals surface area contributed by atoms with Gasteiger partial charge in [0.15, 0.2) is 0 Å². The molecule has 3 N–H and O–H groups in total. The molecule has 0 aromatic rings. The van der Waals surface area contributed by atoms with Crippen LogP contribution < -0.4 is 5.73 Å². The Labute approximate surface area is 74.2 Å². The zero-order valence-electron chi connectivity index (χ0n) is 7.83. The molecule has 0 saturated carbocycles. The van der Waals surface area contributed by atoms with Gasteiger partial charge in [-0.25, -0.2) is 0 Å². The van der Waals surface area contributed by atoms with Crippen LogP contribution in [-0.2, 0) is 0 Å². The number of nitrogens with zero attached hydrogens (tertiary/aromatic N) is 1. The Bertz CT molecular complexity index is 164. The van der Waals surface area contributed by atoms with Crippen LogP contribution in [0.3, 0.4) is 0 Å². The maximum Gasteiger partial charge on any atom is 0.0847 e. The van der Waals surface area contributed by atoms with Crippen molar-refractivity contribution in [2.45, 2.75) is 13.8 Å². The van der Waals surface area contributed by atoms with Gasteiger partial charge in [-0.3, -0.25) is 0 Å². The van der Waals surface area contributed by atoms with Crippen LogP contribution in [-0.4, -0.2) is 23.2 Å². The molecule has 0 rings (SSSR count). The molecular formula is C9H18N2O. The van der Waals surface area contributed by atoms with Gasteiger partial charge in [0.25, 0.3) is 0 Å². The summed E-state index contributed by atoms with van der Waals surface area (Å²) in [6.45, 7) is 8.63. The largest absolute Gasteiger partial charge is 0.403 e. The lowest BCUT2D eigenvalue weighted by atomic mass is 10.2. The number of hydrogen-bond acceptors (Lipinski definition) is 3. The Morgan fingerprint density at radius 2 is 2.25 bits per heavy atom. The van der Waals surface area contributed by atoms with Crippen LogP contribution in [0.25, 0.3) is 0 Å². The van der Waals surface area contributed by atoms with Crippen molar-refractivity contribution in [3.63, 3.8) is 0 Å². The molecule has 0 aliphatic rings. The third-order valence-corrected chi connectivity index (χ3v) is 1.51. The van der Waals surface area contributed by atoms with Gasteiger partial charge >= 0.3 is 0 Å². The van der Waals surface area contributed by atoms with E-state index in [2.05, 4.69) is 20.4 Å². The monoisotopic (exact) mass is 170 g/mol. The van der Waals surface area contributed by atoms with Crippen molar-refractivity contribution < 1.29 is 5.11 Å². The standard InChI is InChI=1S/C9H18N2O/c1-4-11(6-8(2)3)9(5-10)7-12/h4-5,8,12H,1,6-7,10H2,2-3H3/b9-5-. The molecule has 0 fully saturated rings. The van der Waals surface area contributed by atoms with Gasteiger partial charge in [-0.05, 0) is 12.1 Å². The van der Waals surface area contributed by atoms with E-state index in [0.29, 0.717) is 11.6 Å². The molecule has 0 atom stereocenters. The van der Waals surface area contributed by atoms with Gasteiger partial charge in [0.1, 0.15) is 0 Å². The van der Waals surface area contributed by atoms with Crippen LogP contribution in [0.15, 0.2) is 24.7 Å². The fraction of sp³-hybridized carbons (Fsp3) is 0.556. The average molecular weight is 170 g/mol. The average Bonchev–Trinajstić information content (AvgIpc) is 2.04. The van der Waals surface area contributed by atoms with Gasteiger partial charge in [-0.2, -0.15) is 0 Å². The first-order chi connectivity index (χ1) is 5.65. The van der Waals surface area contributed by atoms with E-state index in [1.807, 2.05) is 4.90 Å². The van der Waals surface area contributed by atoms with Gasteiger partial charge in [0, 0.05) is 12.7 Å². The first-order valence-corrected chi connectivity index (χ1v) is 4.06. The van der Waals surface area contributed by atoms with Crippen LogP contribution in [0, 0.1) is 5.92 Å². The van der Waals surface area contributed by atoms with Gasteiger partial charge in [0.05, 0.1) is 12.3 Å². The summed E-state index contributed by atoms with van der Waals surface area (Å²) in [5, 5.41) is 8.90. The third kappa shape index (κ3) is 3.44. The highest BCUT2D eigenvalue weighted by molar-refractivity contribution is 5.02. The Morgan fingerprint density at radius 1 is 1.67 bits per heavy atom. The van der Waals surface area contributed by atoms with E-state index >= 15 is 0 Å². The number of rotatable bonds is 5. The predicted molar refractivity (Wildman–Crippen MR) is 51.1 cm³/mol. The van der Waals surface area contributed by atoms with Crippen LogP contribution in [0.5, 0.6) is 0 Å². The van der Waals surface area contributed by atoms with Crippen molar-refractivity contribution in [1.82, 2.24) is 4.90 Å². The molecule has 0 amide bonds. The zero-order chi connectivity index (χ0) is 9.56. The van der Waals surface area contributed by atoms with Gasteiger partial charge in [-0.15, -0.1) is 0 Å². The van der Waals surface area contributed by atoms with Crippen LogP contribution >= 0.6 is 0 Å². The molecule has 0 aromatic heterocycles. The molecule has 0 saturated heterocycles. The molecule has 0 heterocycles. The predicted octanol–water partition coefficient (Wildman–Crippen LogP) is 0.880. The smallest absolute Gasteiger partial charge is 0.0847 e. The summed E-state index contributed by atoms with van der Waals surface area (Å²) in [5.74, 6) is 0.518. The summed E-state index contributed by atoms with van der Waals surface area (Å²) in [6, 6.07) is 0. The molecule has 12 heavy (non-hydrogen) atoms. The maximum absolute atomic E-state index is 8.90. The van der Waals surface area contributed by atoms with Crippen molar-refractivity contribution in [2.75, 3.05) is 13.2 Å². The molecule has 0 aromatic carbocycles. The normalized spacial score (nSPS) is 11.8. The Balaban J connectivity index is 4.22. The maximum atomic E-state index is 8.90. The lowest BCUT2D eigenvalue weighted by molar-refractivity contribution is 0.275. The van der Waals surface area contributed by atoms with E-state index in [1.165, 1.54) is 6.20 Å². The molecule has 0 spiro atoms. The van der Waals surface area contributed by atoms with E-state index in [-0.39, 0.29) is 6.61 Å². The van der Waals surface area contributed by atoms with Crippen molar-refractivity contribution in [1.29, 1.82) is 0 Å². The van der Waals surface area contributed by atoms with E-state index in [0.717, 1.165) is 6.54 Å². The second kappa shape index (κ2) is 5.66. The molecule has 0 bridgehead atoms.